The molecule has 2 aromatic carbocycles. The standard InChI is InChI=1S/C24H31ClN2O4S/c1-24(2,3)21-8-4-5-9-22(21)31-16-14-26-23(28)18-7-6-15-27(17-18)32(29,30)20-12-10-19(25)11-13-20/h4-5,8-13,18H,6-7,14-17H2,1-3H3,(H,26,28)/t18-/m0/s1. The SMILES string of the molecule is CC(C)(C)c1ccccc1OCCNC(=O)[C@H]1CCCN(S(=O)(=O)c2ccc(Cl)cc2)C1. The molecule has 2 aromatic rings. The van der Waals surface area contributed by atoms with E-state index in [1.165, 1.54) is 16.4 Å². The Kier molecular flexibility index (Phi) is 7.85. The number of rotatable bonds is 7. The zero-order valence-electron chi connectivity index (χ0n) is 18.8. The minimum Gasteiger partial charge on any atom is -0.491 e. The van der Waals surface area contributed by atoms with E-state index in [1.54, 1.807) is 12.1 Å². The summed E-state index contributed by atoms with van der Waals surface area (Å²) >= 11 is 5.87. The third-order valence-electron chi connectivity index (χ3n) is 5.56. The van der Waals surface area contributed by atoms with Crippen LogP contribution in [0, 0.1) is 5.92 Å². The number of nitrogens with one attached hydrogen (secondary N) is 1. The first-order valence-corrected chi connectivity index (χ1v) is 12.7. The number of carbonyl (C=O) groups is 1. The minimum absolute atomic E-state index is 0.0407. The lowest BCUT2D eigenvalue weighted by Crippen LogP contribution is -2.46. The monoisotopic (exact) mass is 478 g/mol. The van der Waals surface area contributed by atoms with Gasteiger partial charge in [-0.1, -0.05) is 50.6 Å². The van der Waals surface area contributed by atoms with Gasteiger partial charge in [-0.25, -0.2) is 8.42 Å². The van der Waals surface area contributed by atoms with E-state index in [4.69, 9.17) is 16.3 Å². The van der Waals surface area contributed by atoms with Gasteiger partial charge < -0.3 is 10.1 Å². The van der Waals surface area contributed by atoms with Gasteiger partial charge in [-0.05, 0) is 54.2 Å². The van der Waals surface area contributed by atoms with Gasteiger partial charge in [-0.3, -0.25) is 4.79 Å². The molecule has 1 amide bonds. The molecule has 0 aliphatic carbocycles. The van der Waals surface area contributed by atoms with E-state index in [9.17, 15) is 13.2 Å². The number of halogens is 1. The molecule has 1 saturated heterocycles. The van der Waals surface area contributed by atoms with E-state index in [0.29, 0.717) is 37.6 Å². The Hall–Kier alpha value is -2.09. The lowest BCUT2D eigenvalue weighted by atomic mass is 9.86. The van der Waals surface area contributed by atoms with Crippen LogP contribution < -0.4 is 10.1 Å². The van der Waals surface area contributed by atoms with Crippen molar-refractivity contribution >= 4 is 27.5 Å². The molecule has 3 rings (SSSR count). The van der Waals surface area contributed by atoms with Crippen LogP contribution in [0.5, 0.6) is 5.75 Å². The molecule has 1 aliphatic heterocycles. The number of sulfonamides is 1. The van der Waals surface area contributed by atoms with Crippen molar-refractivity contribution in [2.75, 3.05) is 26.2 Å². The van der Waals surface area contributed by atoms with Crippen molar-refractivity contribution in [3.63, 3.8) is 0 Å². The van der Waals surface area contributed by atoms with Gasteiger partial charge in [-0.15, -0.1) is 0 Å². The molecule has 1 atom stereocenters. The number of para-hydroxylation sites is 1. The third kappa shape index (κ3) is 6.03. The molecule has 0 saturated carbocycles. The van der Waals surface area contributed by atoms with Crippen LogP contribution in [0.25, 0.3) is 0 Å². The van der Waals surface area contributed by atoms with Crippen LogP contribution in [0.4, 0.5) is 0 Å². The van der Waals surface area contributed by atoms with Crippen molar-refractivity contribution in [3.05, 3.63) is 59.1 Å². The van der Waals surface area contributed by atoms with Crippen molar-refractivity contribution in [3.8, 4) is 5.75 Å². The van der Waals surface area contributed by atoms with Crippen molar-refractivity contribution < 1.29 is 17.9 Å². The zero-order valence-corrected chi connectivity index (χ0v) is 20.4. The fraction of sp³-hybridized carbons (Fsp3) is 0.458. The highest BCUT2D eigenvalue weighted by molar-refractivity contribution is 7.89. The van der Waals surface area contributed by atoms with Crippen LogP contribution in [0.1, 0.15) is 39.2 Å². The summed E-state index contributed by atoms with van der Waals surface area (Å²) in [5.41, 5.74) is 1.07. The molecular formula is C24H31ClN2O4S. The normalized spacial score (nSPS) is 17.7. The maximum absolute atomic E-state index is 12.9. The lowest BCUT2D eigenvalue weighted by molar-refractivity contribution is -0.126. The Morgan fingerprint density at radius 2 is 1.84 bits per heavy atom. The maximum Gasteiger partial charge on any atom is 0.243 e. The lowest BCUT2D eigenvalue weighted by Gasteiger charge is -2.31. The van der Waals surface area contributed by atoms with Crippen LogP contribution in [0.15, 0.2) is 53.4 Å². The molecule has 6 nitrogen and oxygen atoms in total. The van der Waals surface area contributed by atoms with Gasteiger partial charge in [0.2, 0.25) is 15.9 Å². The fourth-order valence-electron chi connectivity index (χ4n) is 3.82. The highest BCUT2D eigenvalue weighted by Crippen LogP contribution is 2.31. The Labute approximate surface area is 196 Å². The summed E-state index contributed by atoms with van der Waals surface area (Å²) in [6.45, 7) is 7.67. The van der Waals surface area contributed by atoms with E-state index >= 15 is 0 Å². The maximum atomic E-state index is 12.9. The van der Waals surface area contributed by atoms with Crippen LogP contribution in [-0.2, 0) is 20.2 Å². The highest BCUT2D eigenvalue weighted by atomic mass is 35.5. The second-order valence-electron chi connectivity index (χ2n) is 9.04. The van der Waals surface area contributed by atoms with Gasteiger partial charge in [0.05, 0.1) is 17.4 Å². The molecule has 0 aromatic heterocycles. The van der Waals surface area contributed by atoms with Crippen molar-refractivity contribution in [1.29, 1.82) is 0 Å². The van der Waals surface area contributed by atoms with Crippen LogP contribution in [0.2, 0.25) is 5.02 Å². The number of benzene rings is 2. The number of amides is 1. The van der Waals surface area contributed by atoms with Gasteiger partial charge in [0.15, 0.2) is 0 Å². The molecule has 1 fully saturated rings. The predicted octanol–water partition coefficient (Wildman–Crippen LogP) is 4.23. The first-order chi connectivity index (χ1) is 15.1. The number of carbonyl (C=O) groups excluding carboxylic acids is 1. The Balaban J connectivity index is 1.53. The largest absolute Gasteiger partial charge is 0.491 e. The number of hydrogen-bond acceptors (Lipinski definition) is 4. The zero-order chi connectivity index (χ0) is 23.4. The molecule has 0 spiro atoms. The van der Waals surface area contributed by atoms with Crippen molar-refractivity contribution in [2.24, 2.45) is 5.92 Å². The molecule has 1 aliphatic rings. The molecule has 1 heterocycles. The van der Waals surface area contributed by atoms with E-state index in [-0.39, 0.29) is 28.7 Å². The molecular weight excluding hydrogens is 448 g/mol. The quantitative estimate of drug-likeness (QED) is 0.604. The average molecular weight is 479 g/mol. The van der Waals surface area contributed by atoms with Crippen molar-refractivity contribution in [1.82, 2.24) is 9.62 Å². The smallest absolute Gasteiger partial charge is 0.243 e. The molecule has 1 N–H and O–H groups in total. The molecule has 0 radical (unpaired) electrons. The van der Waals surface area contributed by atoms with E-state index in [2.05, 4.69) is 26.1 Å². The summed E-state index contributed by atoms with van der Waals surface area (Å²) in [5.74, 6) is 0.286. The summed E-state index contributed by atoms with van der Waals surface area (Å²) in [4.78, 5) is 12.9. The molecule has 0 bridgehead atoms. The summed E-state index contributed by atoms with van der Waals surface area (Å²) < 4.78 is 33.2. The highest BCUT2D eigenvalue weighted by Gasteiger charge is 2.33. The van der Waals surface area contributed by atoms with E-state index in [0.717, 1.165) is 11.3 Å². The average Bonchev–Trinajstić information content (AvgIpc) is 2.76. The number of piperidine rings is 1. The fourth-order valence-corrected chi connectivity index (χ4v) is 5.47. The van der Waals surface area contributed by atoms with Gasteiger partial charge in [0, 0.05) is 18.1 Å². The Bertz CT molecular complexity index is 1030. The Morgan fingerprint density at radius 3 is 2.53 bits per heavy atom. The number of nitrogens with zero attached hydrogens (tertiary/aromatic N) is 1. The minimum atomic E-state index is -3.66. The first-order valence-electron chi connectivity index (χ1n) is 10.8. The summed E-state index contributed by atoms with van der Waals surface area (Å²) in [5, 5.41) is 3.38. The van der Waals surface area contributed by atoms with E-state index in [1.807, 2.05) is 24.3 Å². The van der Waals surface area contributed by atoms with Gasteiger partial charge >= 0.3 is 0 Å². The third-order valence-corrected chi connectivity index (χ3v) is 7.69. The Morgan fingerprint density at radius 1 is 1.16 bits per heavy atom. The van der Waals surface area contributed by atoms with Gasteiger partial charge in [0.25, 0.3) is 0 Å². The van der Waals surface area contributed by atoms with Crippen LogP contribution >= 0.6 is 11.6 Å². The number of hydrogen-bond donors (Lipinski definition) is 1. The second kappa shape index (κ2) is 10.2. The number of ether oxygens (including phenoxy) is 1. The van der Waals surface area contributed by atoms with Gasteiger partial charge in [-0.2, -0.15) is 4.31 Å². The summed E-state index contributed by atoms with van der Waals surface area (Å²) in [6.07, 6.45) is 1.30. The summed E-state index contributed by atoms with van der Waals surface area (Å²) in [6, 6.07) is 14.0. The van der Waals surface area contributed by atoms with Gasteiger partial charge in [0.1, 0.15) is 12.4 Å². The van der Waals surface area contributed by atoms with Crippen molar-refractivity contribution in [2.45, 2.75) is 43.9 Å². The molecule has 32 heavy (non-hydrogen) atoms. The van der Waals surface area contributed by atoms with E-state index < -0.39 is 10.0 Å². The molecule has 174 valence electrons. The summed E-state index contributed by atoms with van der Waals surface area (Å²) in [7, 11) is -3.66. The molecule has 8 heteroatoms. The van der Waals surface area contributed by atoms with Crippen LogP contribution in [-0.4, -0.2) is 44.9 Å². The first kappa shape index (κ1) is 24.6. The second-order valence-corrected chi connectivity index (χ2v) is 11.4. The predicted molar refractivity (Wildman–Crippen MR) is 127 cm³/mol. The molecule has 0 unspecified atom stereocenters. The topological polar surface area (TPSA) is 75.7 Å². The van der Waals surface area contributed by atoms with Crippen LogP contribution in [0.3, 0.4) is 0 Å².